The van der Waals surface area contributed by atoms with E-state index in [0.717, 1.165) is 12.8 Å². The summed E-state index contributed by atoms with van der Waals surface area (Å²) in [6, 6.07) is -0.733. The molecule has 6 heteroatoms. The van der Waals surface area contributed by atoms with Gasteiger partial charge in [0, 0.05) is 6.04 Å². The molecule has 1 heterocycles. The van der Waals surface area contributed by atoms with Gasteiger partial charge >= 0.3 is 12.0 Å². The van der Waals surface area contributed by atoms with E-state index in [1.807, 2.05) is 6.92 Å². The van der Waals surface area contributed by atoms with Gasteiger partial charge in [0.05, 0.1) is 19.3 Å². The Morgan fingerprint density at radius 2 is 2.10 bits per heavy atom. The lowest BCUT2D eigenvalue weighted by Crippen LogP contribution is -2.53. The van der Waals surface area contributed by atoms with Gasteiger partial charge in [-0.2, -0.15) is 0 Å². The summed E-state index contributed by atoms with van der Waals surface area (Å²) in [5.74, 6) is -0.946. The van der Waals surface area contributed by atoms with Crippen LogP contribution in [0, 0.1) is 5.41 Å². The first-order valence-electron chi connectivity index (χ1n) is 7.78. The van der Waals surface area contributed by atoms with E-state index in [9.17, 15) is 14.7 Å². The highest BCUT2D eigenvalue weighted by Gasteiger charge is 2.47. The zero-order valence-corrected chi connectivity index (χ0v) is 13.3. The van der Waals surface area contributed by atoms with E-state index in [2.05, 4.69) is 17.6 Å². The van der Waals surface area contributed by atoms with E-state index in [-0.39, 0.29) is 25.3 Å². The standard InChI is InChI=1S/C15H28N2O4/c1-4-5-6-7-8-11(2)16-14(20)17-12-9-21-10-15(12,3)13(18)19/h11-12H,4-10H2,1-3H3,(H,18,19)(H2,16,17,20). The predicted octanol–water partition coefficient (Wildman–Crippen LogP) is 2.13. The first kappa shape index (κ1) is 17.8. The number of carboxylic acids is 1. The highest BCUT2D eigenvalue weighted by molar-refractivity contribution is 5.79. The summed E-state index contributed by atoms with van der Waals surface area (Å²) in [6.45, 7) is 6.09. The number of aliphatic carboxylic acids is 1. The highest BCUT2D eigenvalue weighted by atomic mass is 16.5. The Morgan fingerprint density at radius 3 is 2.71 bits per heavy atom. The maximum Gasteiger partial charge on any atom is 0.315 e. The van der Waals surface area contributed by atoms with Crippen LogP contribution in [0.3, 0.4) is 0 Å². The van der Waals surface area contributed by atoms with Gasteiger partial charge in [-0.25, -0.2) is 4.79 Å². The van der Waals surface area contributed by atoms with E-state index in [4.69, 9.17) is 4.74 Å². The molecule has 21 heavy (non-hydrogen) atoms. The Balaban J connectivity index is 2.34. The number of unbranched alkanes of at least 4 members (excludes halogenated alkanes) is 3. The Hall–Kier alpha value is -1.30. The monoisotopic (exact) mass is 300 g/mol. The van der Waals surface area contributed by atoms with Crippen LogP contribution in [-0.2, 0) is 9.53 Å². The fourth-order valence-electron chi connectivity index (χ4n) is 2.46. The van der Waals surface area contributed by atoms with Gasteiger partial charge in [0.15, 0.2) is 0 Å². The molecule has 3 unspecified atom stereocenters. The molecule has 1 aliphatic heterocycles. The molecule has 0 aromatic carbocycles. The lowest BCUT2D eigenvalue weighted by Gasteiger charge is -2.26. The van der Waals surface area contributed by atoms with E-state index < -0.39 is 17.4 Å². The molecule has 1 saturated heterocycles. The molecule has 0 aromatic rings. The van der Waals surface area contributed by atoms with E-state index in [0.29, 0.717) is 0 Å². The molecular formula is C15H28N2O4. The molecule has 122 valence electrons. The number of amides is 2. The molecule has 0 bridgehead atoms. The van der Waals surface area contributed by atoms with Crippen molar-refractivity contribution in [2.75, 3.05) is 13.2 Å². The zero-order chi connectivity index (χ0) is 15.9. The number of urea groups is 1. The molecule has 0 radical (unpaired) electrons. The number of hydrogen-bond acceptors (Lipinski definition) is 3. The number of hydrogen-bond donors (Lipinski definition) is 3. The van der Waals surface area contributed by atoms with Crippen molar-refractivity contribution in [2.24, 2.45) is 5.41 Å². The molecule has 0 saturated carbocycles. The minimum atomic E-state index is -1.05. The van der Waals surface area contributed by atoms with Crippen LogP contribution in [-0.4, -0.2) is 42.4 Å². The zero-order valence-electron chi connectivity index (χ0n) is 13.3. The van der Waals surface area contributed by atoms with Crippen molar-refractivity contribution >= 4 is 12.0 Å². The van der Waals surface area contributed by atoms with Crippen molar-refractivity contribution < 1.29 is 19.4 Å². The van der Waals surface area contributed by atoms with Gasteiger partial charge < -0.3 is 20.5 Å². The lowest BCUT2D eigenvalue weighted by atomic mass is 9.85. The molecule has 2 amide bonds. The Kier molecular flexibility index (Phi) is 6.95. The van der Waals surface area contributed by atoms with Crippen LogP contribution >= 0.6 is 0 Å². The first-order chi connectivity index (χ1) is 9.90. The van der Waals surface area contributed by atoms with Gasteiger partial charge in [-0.1, -0.05) is 32.6 Å². The summed E-state index contributed by atoms with van der Waals surface area (Å²) in [6.07, 6.45) is 5.62. The quantitative estimate of drug-likeness (QED) is 0.599. The fourth-order valence-corrected chi connectivity index (χ4v) is 2.46. The van der Waals surface area contributed by atoms with Crippen LogP contribution < -0.4 is 10.6 Å². The maximum atomic E-state index is 11.9. The average Bonchev–Trinajstić information content (AvgIpc) is 2.77. The van der Waals surface area contributed by atoms with Gasteiger partial charge in [-0.3, -0.25) is 4.79 Å². The highest BCUT2D eigenvalue weighted by Crippen LogP contribution is 2.28. The van der Waals surface area contributed by atoms with Crippen LogP contribution in [0.4, 0.5) is 4.79 Å². The number of carbonyl (C=O) groups excluding carboxylic acids is 1. The molecule has 0 aliphatic carbocycles. The fraction of sp³-hybridized carbons (Fsp3) is 0.867. The van der Waals surface area contributed by atoms with Crippen LogP contribution in [0.25, 0.3) is 0 Å². The molecule has 0 aromatic heterocycles. The Labute approximate surface area is 126 Å². The second-order valence-corrected chi connectivity index (χ2v) is 6.16. The maximum absolute atomic E-state index is 11.9. The number of rotatable bonds is 8. The summed E-state index contributed by atoms with van der Waals surface area (Å²) in [5.41, 5.74) is -1.05. The van der Waals surface area contributed by atoms with Gasteiger partial charge in [0.25, 0.3) is 0 Å². The minimum Gasteiger partial charge on any atom is -0.481 e. The van der Waals surface area contributed by atoms with Gasteiger partial charge in [0.2, 0.25) is 0 Å². The summed E-state index contributed by atoms with van der Waals surface area (Å²) >= 11 is 0. The molecule has 3 N–H and O–H groups in total. The van der Waals surface area contributed by atoms with E-state index >= 15 is 0 Å². The van der Waals surface area contributed by atoms with E-state index in [1.54, 1.807) is 6.92 Å². The van der Waals surface area contributed by atoms with Gasteiger partial charge in [-0.05, 0) is 20.3 Å². The van der Waals surface area contributed by atoms with Crippen molar-refractivity contribution in [3.63, 3.8) is 0 Å². The lowest BCUT2D eigenvalue weighted by molar-refractivity contribution is -0.148. The molecule has 1 aliphatic rings. The third-order valence-corrected chi connectivity index (χ3v) is 4.12. The second-order valence-electron chi connectivity index (χ2n) is 6.16. The van der Waals surface area contributed by atoms with Crippen molar-refractivity contribution in [2.45, 2.75) is 65.0 Å². The van der Waals surface area contributed by atoms with Crippen LogP contribution in [0.15, 0.2) is 0 Å². The largest absolute Gasteiger partial charge is 0.481 e. The summed E-state index contributed by atoms with van der Waals surface area (Å²) in [7, 11) is 0. The van der Waals surface area contributed by atoms with Crippen molar-refractivity contribution in [3.05, 3.63) is 0 Å². The first-order valence-corrected chi connectivity index (χ1v) is 7.78. The summed E-state index contributed by atoms with van der Waals surface area (Å²) < 4.78 is 5.21. The number of ether oxygens (including phenoxy) is 1. The third-order valence-electron chi connectivity index (χ3n) is 4.12. The van der Waals surface area contributed by atoms with E-state index in [1.165, 1.54) is 19.3 Å². The average molecular weight is 300 g/mol. The molecule has 0 spiro atoms. The van der Waals surface area contributed by atoms with Gasteiger partial charge in [0.1, 0.15) is 5.41 Å². The molecule has 6 nitrogen and oxygen atoms in total. The Bertz CT molecular complexity index is 362. The SMILES string of the molecule is CCCCCCC(C)NC(=O)NC1COCC1(C)C(=O)O. The topological polar surface area (TPSA) is 87.7 Å². The smallest absolute Gasteiger partial charge is 0.315 e. The number of carboxylic acid groups (broad SMARTS) is 1. The van der Waals surface area contributed by atoms with Crippen molar-refractivity contribution in [1.29, 1.82) is 0 Å². The molecule has 1 fully saturated rings. The van der Waals surface area contributed by atoms with Gasteiger partial charge in [-0.15, -0.1) is 0 Å². The summed E-state index contributed by atoms with van der Waals surface area (Å²) in [4.78, 5) is 23.2. The predicted molar refractivity (Wildman–Crippen MR) is 80.2 cm³/mol. The molecule has 1 rings (SSSR count). The van der Waals surface area contributed by atoms with Crippen molar-refractivity contribution in [1.82, 2.24) is 10.6 Å². The number of carbonyl (C=O) groups is 2. The van der Waals surface area contributed by atoms with Crippen LogP contribution in [0.2, 0.25) is 0 Å². The van der Waals surface area contributed by atoms with Crippen LogP contribution in [0.5, 0.6) is 0 Å². The second kappa shape index (κ2) is 8.22. The van der Waals surface area contributed by atoms with Crippen LogP contribution in [0.1, 0.15) is 52.9 Å². The number of nitrogens with one attached hydrogen (secondary N) is 2. The third kappa shape index (κ3) is 5.19. The van der Waals surface area contributed by atoms with Crippen molar-refractivity contribution in [3.8, 4) is 0 Å². The summed E-state index contributed by atoms with van der Waals surface area (Å²) in [5, 5.41) is 14.8. The normalized spacial score (nSPS) is 26.3. The minimum absolute atomic E-state index is 0.0836. The Morgan fingerprint density at radius 1 is 1.38 bits per heavy atom. The molecular weight excluding hydrogens is 272 g/mol. The molecule has 3 atom stereocenters.